The smallest absolute Gasteiger partial charge is 0.0874 e. The topological polar surface area (TPSA) is 0 Å². The van der Waals surface area contributed by atoms with Gasteiger partial charge in [-0.2, -0.15) is 0 Å². The van der Waals surface area contributed by atoms with E-state index in [1.807, 2.05) is 0 Å². The Morgan fingerprint density at radius 3 is 2.21 bits per heavy atom. The second kappa shape index (κ2) is 5.14. The van der Waals surface area contributed by atoms with Crippen LogP contribution in [0.1, 0.15) is 29.6 Å². The Morgan fingerprint density at radius 1 is 1.00 bits per heavy atom. The molecule has 2 heteroatoms. The zero-order valence-corrected chi connectivity index (χ0v) is 12.2. The summed E-state index contributed by atoms with van der Waals surface area (Å²) in [5.74, 6) is 0. The molecule has 0 saturated carbocycles. The van der Waals surface area contributed by atoms with Crippen molar-refractivity contribution in [2.45, 2.75) is 23.6 Å². The van der Waals surface area contributed by atoms with Gasteiger partial charge in [-0.25, -0.2) is 0 Å². The monoisotopic (exact) mass is 264 g/mol. The fourth-order valence-electron chi connectivity index (χ4n) is 3.15. The number of hydrogen-bond donors (Lipinski definition) is 0. The van der Waals surface area contributed by atoms with Crippen molar-refractivity contribution in [3.63, 3.8) is 0 Å². The Morgan fingerprint density at radius 2 is 1.58 bits per heavy atom. The molecule has 1 heterocycles. The SMILES string of the molecule is [B][C@]1(c2ccccc2)CC[C@H](c2ccccc2)P1C. The van der Waals surface area contributed by atoms with Crippen molar-refractivity contribution < 1.29 is 0 Å². The van der Waals surface area contributed by atoms with E-state index in [0.717, 1.165) is 6.42 Å². The molecule has 19 heavy (non-hydrogen) atoms. The predicted molar refractivity (Wildman–Crippen MR) is 85.1 cm³/mol. The first-order valence-corrected chi connectivity index (χ1v) is 8.70. The van der Waals surface area contributed by atoms with Gasteiger partial charge in [-0.15, -0.1) is 7.92 Å². The van der Waals surface area contributed by atoms with E-state index in [0.29, 0.717) is 5.66 Å². The molecule has 0 bridgehead atoms. The molecule has 1 aliphatic rings. The van der Waals surface area contributed by atoms with E-state index < -0.39 is 0 Å². The summed E-state index contributed by atoms with van der Waals surface area (Å²) >= 11 is 0. The highest BCUT2D eigenvalue weighted by Crippen LogP contribution is 2.70. The third-order valence-corrected chi connectivity index (χ3v) is 7.59. The fourth-order valence-corrected chi connectivity index (χ4v) is 5.88. The predicted octanol–water partition coefficient (Wildman–Crippen LogP) is 4.65. The van der Waals surface area contributed by atoms with Crippen molar-refractivity contribution in [3.05, 3.63) is 71.8 Å². The van der Waals surface area contributed by atoms with Gasteiger partial charge in [0.2, 0.25) is 0 Å². The molecule has 1 aliphatic heterocycles. The minimum absolute atomic E-state index is 0.114. The first-order valence-electron chi connectivity index (χ1n) is 6.84. The van der Waals surface area contributed by atoms with Gasteiger partial charge in [0.05, 0.1) is 7.85 Å². The van der Waals surface area contributed by atoms with Gasteiger partial charge in [0.15, 0.2) is 0 Å². The first kappa shape index (κ1) is 12.9. The van der Waals surface area contributed by atoms with Crippen LogP contribution in [0.25, 0.3) is 0 Å². The summed E-state index contributed by atoms with van der Waals surface area (Å²) in [4.78, 5) is 0. The molecule has 0 aliphatic carbocycles. The van der Waals surface area contributed by atoms with E-state index in [2.05, 4.69) is 67.3 Å². The Balaban J connectivity index is 1.92. The van der Waals surface area contributed by atoms with Crippen molar-refractivity contribution >= 4 is 15.8 Å². The molecule has 0 spiro atoms. The summed E-state index contributed by atoms with van der Waals surface area (Å²) in [6.45, 7) is 2.37. The molecule has 2 aromatic carbocycles. The minimum atomic E-state index is -0.249. The largest absolute Gasteiger partial charge is 0.100 e. The van der Waals surface area contributed by atoms with Gasteiger partial charge in [0.1, 0.15) is 0 Å². The molecule has 1 saturated heterocycles. The van der Waals surface area contributed by atoms with Crippen LogP contribution in [0.3, 0.4) is 0 Å². The van der Waals surface area contributed by atoms with Crippen molar-refractivity contribution in [1.29, 1.82) is 0 Å². The number of benzene rings is 2. The summed E-state index contributed by atoms with van der Waals surface area (Å²) in [7, 11) is 6.53. The third-order valence-electron chi connectivity index (χ3n) is 4.35. The molecule has 0 N–H and O–H groups in total. The minimum Gasteiger partial charge on any atom is -0.100 e. The van der Waals surface area contributed by atoms with Crippen LogP contribution in [-0.4, -0.2) is 14.5 Å². The Hall–Kier alpha value is -1.07. The second-order valence-corrected chi connectivity index (χ2v) is 8.01. The average Bonchev–Trinajstić information content (AvgIpc) is 2.78. The molecule has 1 unspecified atom stereocenters. The van der Waals surface area contributed by atoms with Gasteiger partial charge in [-0.3, -0.25) is 0 Å². The van der Waals surface area contributed by atoms with Gasteiger partial charge >= 0.3 is 0 Å². The summed E-state index contributed by atoms with van der Waals surface area (Å²) in [6, 6.07) is 21.5. The Kier molecular flexibility index (Phi) is 3.50. The van der Waals surface area contributed by atoms with Crippen LogP contribution in [0.15, 0.2) is 60.7 Å². The summed E-state index contributed by atoms with van der Waals surface area (Å²) < 4.78 is 0. The highest BCUT2D eigenvalue weighted by atomic mass is 31.1. The molecule has 0 amide bonds. The normalized spacial score (nSPS) is 30.4. The Labute approximate surface area is 118 Å². The van der Waals surface area contributed by atoms with Crippen LogP contribution >= 0.6 is 7.92 Å². The van der Waals surface area contributed by atoms with Crippen LogP contribution < -0.4 is 0 Å². The van der Waals surface area contributed by atoms with Gasteiger partial charge in [0.25, 0.3) is 0 Å². The van der Waals surface area contributed by atoms with E-state index in [1.165, 1.54) is 17.5 Å². The molecule has 2 radical (unpaired) electrons. The zero-order chi connectivity index (χ0) is 13.3. The number of rotatable bonds is 2. The average molecular weight is 264 g/mol. The molecule has 2 aromatic rings. The van der Waals surface area contributed by atoms with Crippen LogP contribution in [0.4, 0.5) is 0 Å². The van der Waals surface area contributed by atoms with Crippen LogP contribution in [0.5, 0.6) is 0 Å². The second-order valence-electron chi connectivity index (χ2n) is 5.37. The van der Waals surface area contributed by atoms with Crippen molar-refractivity contribution in [1.82, 2.24) is 0 Å². The summed E-state index contributed by atoms with van der Waals surface area (Å²) in [6.07, 6.45) is 2.30. The molecule has 0 aromatic heterocycles. The quantitative estimate of drug-likeness (QED) is 0.547. The lowest BCUT2D eigenvalue weighted by Crippen LogP contribution is -2.20. The molecular weight excluding hydrogens is 246 g/mol. The zero-order valence-electron chi connectivity index (χ0n) is 11.3. The lowest BCUT2D eigenvalue weighted by atomic mass is 9.76. The molecule has 3 atom stereocenters. The lowest BCUT2D eigenvalue weighted by Gasteiger charge is -2.33. The fraction of sp³-hybridized carbons (Fsp3) is 0.294. The Bertz CT molecular complexity index is 540. The van der Waals surface area contributed by atoms with Gasteiger partial charge in [0, 0.05) is 5.66 Å². The van der Waals surface area contributed by atoms with Gasteiger partial charge in [-0.05, 0) is 35.7 Å². The maximum Gasteiger partial charge on any atom is 0.0874 e. The summed E-state index contributed by atoms with van der Waals surface area (Å²) in [5, 5.41) is -0.114. The highest BCUT2D eigenvalue weighted by molar-refractivity contribution is 7.60. The molecule has 94 valence electrons. The lowest BCUT2D eigenvalue weighted by molar-refractivity contribution is 0.725. The van der Waals surface area contributed by atoms with E-state index in [9.17, 15) is 0 Å². The van der Waals surface area contributed by atoms with E-state index in [-0.39, 0.29) is 13.0 Å². The van der Waals surface area contributed by atoms with Crippen molar-refractivity contribution in [2.75, 3.05) is 6.66 Å². The van der Waals surface area contributed by atoms with Crippen molar-refractivity contribution in [3.8, 4) is 0 Å². The van der Waals surface area contributed by atoms with E-state index in [1.54, 1.807) is 0 Å². The standard InChI is InChI=1S/C17H18BP/c1-19-16(14-8-4-2-5-9-14)12-13-17(19,18)15-10-6-3-7-11-15/h2-11,16H,12-13H2,1H3/t16-,17-,19?/m1/s1. The van der Waals surface area contributed by atoms with Crippen LogP contribution in [0.2, 0.25) is 0 Å². The van der Waals surface area contributed by atoms with Crippen LogP contribution in [0, 0.1) is 0 Å². The molecule has 0 nitrogen and oxygen atoms in total. The molecular formula is C17H18BP. The highest BCUT2D eigenvalue weighted by Gasteiger charge is 2.42. The maximum atomic E-state index is 6.78. The van der Waals surface area contributed by atoms with E-state index in [4.69, 9.17) is 7.85 Å². The van der Waals surface area contributed by atoms with Crippen LogP contribution in [-0.2, 0) is 5.06 Å². The van der Waals surface area contributed by atoms with Crippen molar-refractivity contribution in [2.24, 2.45) is 0 Å². The third kappa shape index (κ3) is 2.25. The molecule has 3 rings (SSSR count). The van der Waals surface area contributed by atoms with E-state index >= 15 is 0 Å². The van der Waals surface area contributed by atoms with Gasteiger partial charge in [-0.1, -0.05) is 60.7 Å². The van der Waals surface area contributed by atoms with Gasteiger partial charge < -0.3 is 0 Å². The first-order chi connectivity index (χ1) is 9.22. The number of hydrogen-bond acceptors (Lipinski definition) is 0. The maximum absolute atomic E-state index is 6.78. The molecule has 1 fully saturated rings. The summed E-state index contributed by atoms with van der Waals surface area (Å²) in [5.41, 5.74) is 3.41.